The Morgan fingerprint density at radius 1 is 1.08 bits per heavy atom. The van der Waals surface area contributed by atoms with Gasteiger partial charge in [0.1, 0.15) is 0 Å². The van der Waals surface area contributed by atoms with Crippen LogP contribution in [0, 0.1) is 0 Å². The Labute approximate surface area is 134 Å². The maximum absolute atomic E-state index is 13.1. The van der Waals surface area contributed by atoms with Crippen molar-refractivity contribution in [3.63, 3.8) is 0 Å². The van der Waals surface area contributed by atoms with E-state index in [0.717, 1.165) is 6.07 Å². The predicted octanol–water partition coefficient (Wildman–Crippen LogP) is 4.70. The van der Waals surface area contributed by atoms with Crippen LogP contribution in [0.15, 0.2) is 54.7 Å². The zero-order chi connectivity index (χ0) is 17.3. The molecule has 3 aromatic rings. The fourth-order valence-electron chi connectivity index (χ4n) is 2.40. The number of pyridine rings is 1. The monoisotopic (exact) mass is 332 g/mol. The maximum atomic E-state index is 13.1. The standard InChI is InChI=1S/C17H11F3N2O2/c18-17(19,20)13-6-2-5-12-14(7-8-21-15(12)13)22-11-4-1-3-10(9-11)16(23)24/h1-9H,(H,21,22)(H,23,24). The molecule has 0 atom stereocenters. The number of benzene rings is 2. The van der Waals surface area contributed by atoms with E-state index in [4.69, 9.17) is 5.11 Å². The van der Waals surface area contributed by atoms with Gasteiger partial charge < -0.3 is 10.4 Å². The van der Waals surface area contributed by atoms with Crippen LogP contribution in [0.25, 0.3) is 10.9 Å². The summed E-state index contributed by atoms with van der Waals surface area (Å²) in [6.07, 6.45) is -3.23. The van der Waals surface area contributed by atoms with Crippen LogP contribution in [0.3, 0.4) is 0 Å². The van der Waals surface area contributed by atoms with E-state index in [2.05, 4.69) is 10.3 Å². The second-order valence-electron chi connectivity index (χ2n) is 5.07. The van der Waals surface area contributed by atoms with Crippen LogP contribution >= 0.6 is 0 Å². The number of aromatic carboxylic acids is 1. The molecule has 0 saturated carbocycles. The number of rotatable bonds is 3. The van der Waals surface area contributed by atoms with Crippen LogP contribution in [0.4, 0.5) is 24.5 Å². The number of hydrogen-bond donors (Lipinski definition) is 2. The van der Waals surface area contributed by atoms with Gasteiger partial charge in [0.2, 0.25) is 0 Å². The molecule has 0 aliphatic carbocycles. The summed E-state index contributed by atoms with van der Waals surface area (Å²) < 4.78 is 39.3. The third-order valence-electron chi connectivity index (χ3n) is 3.46. The molecule has 4 nitrogen and oxygen atoms in total. The van der Waals surface area contributed by atoms with E-state index in [-0.39, 0.29) is 11.1 Å². The highest BCUT2D eigenvalue weighted by Gasteiger charge is 2.33. The van der Waals surface area contributed by atoms with Gasteiger partial charge in [0, 0.05) is 23.0 Å². The van der Waals surface area contributed by atoms with Crippen LogP contribution in [0.5, 0.6) is 0 Å². The number of alkyl halides is 3. The van der Waals surface area contributed by atoms with Crippen LogP contribution in [-0.4, -0.2) is 16.1 Å². The minimum Gasteiger partial charge on any atom is -0.478 e. The molecule has 0 unspecified atom stereocenters. The quantitative estimate of drug-likeness (QED) is 0.730. The number of carbonyl (C=O) groups is 1. The Hall–Kier alpha value is -3.09. The van der Waals surface area contributed by atoms with Crippen molar-refractivity contribution in [1.29, 1.82) is 0 Å². The molecule has 1 aromatic heterocycles. The number of para-hydroxylation sites is 1. The van der Waals surface area contributed by atoms with Crippen molar-refractivity contribution in [2.45, 2.75) is 6.18 Å². The van der Waals surface area contributed by atoms with E-state index in [0.29, 0.717) is 16.8 Å². The molecular weight excluding hydrogens is 321 g/mol. The zero-order valence-electron chi connectivity index (χ0n) is 12.1. The summed E-state index contributed by atoms with van der Waals surface area (Å²) in [7, 11) is 0. The van der Waals surface area contributed by atoms with Crippen LogP contribution < -0.4 is 5.32 Å². The van der Waals surface area contributed by atoms with Gasteiger partial charge in [-0.05, 0) is 30.3 Å². The van der Waals surface area contributed by atoms with Gasteiger partial charge in [-0.1, -0.05) is 18.2 Å². The lowest BCUT2D eigenvalue weighted by Crippen LogP contribution is -2.07. The average Bonchev–Trinajstić information content (AvgIpc) is 2.54. The molecule has 1 heterocycles. The Kier molecular flexibility index (Phi) is 3.84. The Morgan fingerprint density at radius 3 is 2.54 bits per heavy atom. The van der Waals surface area contributed by atoms with E-state index in [1.807, 2.05) is 0 Å². The maximum Gasteiger partial charge on any atom is 0.418 e. The number of halogens is 3. The molecule has 0 bridgehead atoms. The first kappa shape index (κ1) is 15.8. The third-order valence-corrected chi connectivity index (χ3v) is 3.46. The highest BCUT2D eigenvalue weighted by molar-refractivity contribution is 5.95. The first-order valence-electron chi connectivity index (χ1n) is 6.91. The average molecular weight is 332 g/mol. The number of anilines is 2. The van der Waals surface area contributed by atoms with Crippen LogP contribution in [-0.2, 0) is 6.18 Å². The summed E-state index contributed by atoms with van der Waals surface area (Å²) in [5, 5.41) is 12.3. The lowest BCUT2D eigenvalue weighted by molar-refractivity contribution is -0.136. The van der Waals surface area contributed by atoms with Gasteiger partial charge in [-0.2, -0.15) is 13.2 Å². The van der Waals surface area contributed by atoms with E-state index in [9.17, 15) is 18.0 Å². The predicted molar refractivity (Wildman–Crippen MR) is 83.4 cm³/mol. The van der Waals surface area contributed by atoms with Gasteiger partial charge in [-0.3, -0.25) is 4.98 Å². The molecule has 0 aliphatic heterocycles. The zero-order valence-corrected chi connectivity index (χ0v) is 12.1. The second kappa shape index (κ2) is 5.84. The van der Waals surface area contributed by atoms with Gasteiger partial charge in [0.25, 0.3) is 0 Å². The molecule has 3 rings (SSSR count). The topological polar surface area (TPSA) is 62.2 Å². The van der Waals surface area contributed by atoms with Crippen molar-refractivity contribution in [3.8, 4) is 0 Å². The molecule has 2 N–H and O–H groups in total. The molecule has 0 spiro atoms. The van der Waals surface area contributed by atoms with Crippen molar-refractivity contribution in [2.24, 2.45) is 0 Å². The Balaban J connectivity index is 2.08. The summed E-state index contributed by atoms with van der Waals surface area (Å²) >= 11 is 0. The molecule has 0 saturated heterocycles. The molecule has 0 radical (unpaired) electrons. The third kappa shape index (κ3) is 3.01. The molecular formula is C17H11F3N2O2. The number of fused-ring (bicyclic) bond motifs is 1. The van der Waals surface area contributed by atoms with Crippen molar-refractivity contribution in [3.05, 3.63) is 65.9 Å². The Morgan fingerprint density at radius 2 is 1.83 bits per heavy atom. The SMILES string of the molecule is O=C(O)c1cccc(Nc2ccnc3c(C(F)(F)F)cccc23)c1. The summed E-state index contributed by atoms with van der Waals surface area (Å²) in [5.41, 5.74) is -0.0323. The first-order chi connectivity index (χ1) is 11.4. The fraction of sp³-hybridized carbons (Fsp3) is 0.0588. The molecule has 0 amide bonds. The van der Waals surface area contributed by atoms with E-state index in [1.54, 1.807) is 12.1 Å². The summed E-state index contributed by atoms with van der Waals surface area (Å²) in [6, 6.07) is 11.4. The number of nitrogens with zero attached hydrogens (tertiary/aromatic N) is 1. The van der Waals surface area contributed by atoms with Gasteiger partial charge >= 0.3 is 12.1 Å². The number of carboxylic acid groups (broad SMARTS) is 1. The van der Waals surface area contributed by atoms with Gasteiger partial charge in [-0.15, -0.1) is 0 Å². The molecule has 0 fully saturated rings. The van der Waals surface area contributed by atoms with E-state index >= 15 is 0 Å². The summed E-state index contributed by atoms with van der Waals surface area (Å²) in [6.45, 7) is 0. The van der Waals surface area contributed by atoms with Crippen LogP contribution in [0.2, 0.25) is 0 Å². The molecule has 2 aromatic carbocycles. The van der Waals surface area contributed by atoms with Crippen molar-refractivity contribution in [2.75, 3.05) is 5.32 Å². The fourth-order valence-corrected chi connectivity index (χ4v) is 2.40. The molecule has 7 heteroatoms. The van der Waals surface area contributed by atoms with E-state index in [1.165, 1.54) is 36.5 Å². The minimum atomic E-state index is -4.51. The van der Waals surface area contributed by atoms with Crippen molar-refractivity contribution in [1.82, 2.24) is 4.98 Å². The highest BCUT2D eigenvalue weighted by atomic mass is 19.4. The number of carboxylic acids is 1. The summed E-state index contributed by atoms with van der Waals surface area (Å²) in [4.78, 5) is 14.9. The highest BCUT2D eigenvalue weighted by Crippen LogP contribution is 2.36. The van der Waals surface area contributed by atoms with Crippen molar-refractivity contribution >= 4 is 28.2 Å². The number of nitrogens with one attached hydrogen (secondary N) is 1. The first-order valence-corrected chi connectivity index (χ1v) is 6.91. The van der Waals surface area contributed by atoms with Crippen LogP contribution in [0.1, 0.15) is 15.9 Å². The Bertz CT molecular complexity index is 923. The van der Waals surface area contributed by atoms with Gasteiger partial charge in [0.05, 0.1) is 16.6 Å². The van der Waals surface area contributed by atoms with E-state index < -0.39 is 17.7 Å². The minimum absolute atomic E-state index is 0.0781. The largest absolute Gasteiger partial charge is 0.478 e. The lowest BCUT2D eigenvalue weighted by atomic mass is 10.1. The van der Waals surface area contributed by atoms with Crippen molar-refractivity contribution < 1.29 is 23.1 Å². The summed E-state index contributed by atoms with van der Waals surface area (Å²) in [5.74, 6) is -1.09. The second-order valence-corrected chi connectivity index (χ2v) is 5.07. The lowest BCUT2D eigenvalue weighted by Gasteiger charge is -2.13. The number of hydrogen-bond acceptors (Lipinski definition) is 3. The normalized spacial score (nSPS) is 11.5. The molecule has 24 heavy (non-hydrogen) atoms. The smallest absolute Gasteiger partial charge is 0.418 e. The molecule has 0 aliphatic rings. The molecule has 122 valence electrons. The number of aromatic nitrogens is 1. The van der Waals surface area contributed by atoms with Gasteiger partial charge in [0.15, 0.2) is 0 Å². The van der Waals surface area contributed by atoms with Gasteiger partial charge in [-0.25, -0.2) is 4.79 Å².